The average molecular weight is 391 g/mol. The van der Waals surface area contributed by atoms with E-state index in [1.165, 1.54) is 5.56 Å². The number of imidazole rings is 1. The van der Waals surface area contributed by atoms with E-state index in [0.29, 0.717) is 5.15 Å². The molecule has 0 aromatic carbocycles. The van der Waals surface area contributed by atoms with Crippen LogP contribution in [-0.4, -0.2) is 45.1 Å². The molecule has 0 aliphatic carbocycles. The van der Waals surface area contributed by atoms with E-state index in [1.54, 1.807) is 11.3 Å². The monoisotopic (exact) mass is 390 g/mol. The van der Waals surface area contributed by atoms with Crippen molar-refractivity contribution in [3.05, 3.63) is 58.8 Å². The number of pyridine rings is 1. The second-order valence-electron chi connectivity index (χ2n) is 6.33. The molecule has 0 aliphatic heterocycles. The first-order valence-corrected chi connectivity index (χ1v) is 9.71. The van der Waals surface area contributed by atoms with Crippen LogP contribution in [0.2, 0.25) is 5.15 Å². The van der Waals surface area contributed by atoms with Gasteiger partial charge in [-0.3, -0.25) is 9.88 Å². The molecule has 0 unspecified atom stereocenters. The van der Waals surface area contributed by atoms with Gasteiger partial charge in [0, 0.05) is 65.1 Å². The van der Waals surface area contributed by atoms with Crippen molar-refractivity contribution in [2.24, 2.45) is 0 Å². The molecule has 0 radical (unpaired) electrons. The van der Waals surface area contributed by atoms with Gasteiger partial charge in [-0.25, -0.2) is 9.97 Å². The lowest BCUT2D eigenvalue weighted by molar-refractivity contribution is 0.250. The highest BCUT2D eigenvalue weighted by Crippen LogP contribution is 2.30. The third-order valence-corrected chi connectivity index (χ3v) is 5.63. The molecule has 0 saturated carbocycles. The zero-order chi connectivity index (χ0) is 18.4. The summed E-state index contributed by atoms with van der Waals surface area (Å²) in [6.45, 7) is 3.56. The van der Waals surface area contributed by atoms with Crippen molar-refractivity contribution in [3.8, 4) is 0 Å². The minimum Gasteiger partial charge on any atom is -0.354 e. The molecular formula is C18H23ClN6S. The lowest BCUT2D eigenvalue weighted by atomic mass is 10.2. The maximum absolute atomic E-state index is 6.37. The summed E-state index contributed by atoms with van der Waals surface area (Å²) in [7, 11) is 3.97. The molecular weight excluding hydrogens is 368 g/mol. The Morgan fingerprint density at radius 1 is 1.12 bits per heavy atom. The molecule has 0 bridgehead atoms. The van der Waals surface area contributed by atoms with Crippen molar-refractivity contribution in [2.45, 2.75) is 26.1 Å². The Hall–Kier alpha value is -1.96. The second kappa shape index (κ2) is 9.12. The summed E-state index contributed by atoms with van der Waals surface area (Å²) in [5.41, 5.74) is 1.25. The molecule has 0 spiro atoms. The summed E-state index contributed by atoms with van der Waals surface area (Å²) in [6.07, 6.45) is 10.4. The zero-order valence-corrected chi connectivity index (χ0v) is 16.6. The highest BCUT2D eigenvalue weighted by Gasteiger charge is 2.15. The van der Waals surface area contributed by atoms with E-state index in [0.717, 1.165) is 42.6 Å². The Morgan fingerprint density at radius 3 is 2.58 bits per heavy atom. The predicted molar refractivity (Wildman–Crippen MR) is 107 cm³/mol. The first-order chi connectivity index (χ1) is 12.6. The predicted octanol–water partition coefficient (Wildman–Crippen LogP) is 3.55. The summed E-state index contributed by atoms with van der Waals surface area (Å²) >= 11 is 8.03. The molecule has 0 amide bonds. The van der Waals surface area contributed by atoms with Crippen LogP contribution in [0.1, 0.15) is 16.9 Å². The van der Waals surface area contributed by atoms with Gasteiger partial charge in [0.15, 0.2) is 5.13 Å². The quantitative estimate of drug-likeness (QED) is 0.559. The highest BCUT2D eigenvalue weighted by molar-refractivity contribution is 7.16. The third-order valence-electron chi connectivity index (χ3n) is 3.99. The smallest absolute Gasteiger partial charge is 0.186 e. The van der Waals surface area contributed by atoms with Gasteiger partial charge in [-0.05, 0) is 24.1 Å². The van der Waals surface area contributed by atoms with Crippen LogP contribution in [0.5, 0.6) is 0 Å². The van der Waals surface area contributed by atoms with Crippen LogP contribution in [0.4, 0.5) is 5.13 Å². The Labute approximate surface area is 163 Å². The molecule has 0 N–H and O–H groups in total. The highest BCUT2D eigenvalue weighted by atomic mass is 35.5. The summed E-state index contributed by atoms with van der Waals surface area (Å²) in [6, 6.07) is 4.12. The molecule has 26 heavy (non-hydrogen) atoms. The van der Waals surface area contributed by atoms with Crippen LogP contribution >= 0.6 is 22.9 Å². The molecule has 3 heterocycles. The number of anilines is 1. The van der Waals surface area contributed by atoms with Gasteiger partial charge in [0.1, 0.15) is 5.15 Å². The number of hydrogen-bond acceptors (Lipinski definition) is 6. The first-order valence-electron chi connectivity index (χ1n) is 8.51. The summed E-state index contributed by atoms with van der Waals surface area (Å²) in [5.74, 6) is 0. The summed E-state index contributed by atoms with van der Waals surface area (Å²) in [5, 5.41) is 1.54. The Kier molecular flexibility index (Phi) is 6.60. The van der Waals surface area contributed by atoms with Crippen molar-refractivity contribution >= 4 is 28.1 Å². The molecule has 0 aliphatic rings. The normalized spacial score (nSPS) is 11.2. The molecule has 3 aromatic rings. The van der Waals surface area contributed by atoms with Crippen molar-refractivity contribution < 1.29 is 0 Å². The Bertz CT molecular complexity index is 787. The minimum absolute atomic E-state index is 0.605. The Balaban J connectivity index is 1.67. The van der Waals surface area contributed by atoms with Crippen LogP contribution in [0.25, 0.3) is 0 Å². The number of aryl methyl sites for hydroxylation is 1. The fourth-order valence-corrected chi connectivity index (χ4v) is 3.89. The topological polar surface area (TPSA) is 50.1 Å². The van der Waals surface area contributed by atoms with Crippen LogP contribution < -0.4 is 4.90 Å². The van der Waals surface area contributed by atoms with E-state index in [-0.39, 0.29) is 0 Å². The molecule has 0 atom stereocenters. The van der Waals surface area contributed by atoms with E-state index < -0.39 is 0 Å². The number of hydrogen-bond donors (Lipinski definition) is 0. The van der Waals surface area contributed by atoms with Crippen molar-refractivity contribution in [1.29, 1.82) is 0 Å². The fourth-order valence-electron chi connectivity index (χ4n) is 2.67. The lowest BCUT2D eigenvalue weighted by Crippen LogP contribution is -2.24. The van der Waals surface area contributed by atoms with E-state index in [4.69, 9.17) is 11.6 Å². The first kappa shape index (κ1) is 18.8. The van der Waals surface area contributed by atoms with Gasteiger partial charge in [0.25, 0.3) is 0 Å². The molecule has 138 valence electrons. The van der Waals surface area contributed by atoms with E-state index in [2.05, 4.69) is 36.6 Å². The molecule has 8 heteroatoms. The fraction of sp³-hybridized carbons (Fsp3) is 0.389. The largest absolute Gasteiger partial charge is 0.354 e. The van der Waals surface area contributed by atoms with Crippen LogP contribution in [0.15, 0.2) is 43.2 Å². The maximum Gasteiger partial charge on any atom is 0.186 e. The van der Waals surface area contributed by atoms with E-state index >= 15 is 0 Å². The summed E-state index contributed by atoms with van der Waals surface area (Å²) < 4.78 is 2.11. The Morgan fingerprint density at radius 2 is 1.92 bits per heavy atom. The maximum atomic E-state index is 6.37. The third kappa shape index (κ3) is 5.27. The number of rotatable bonds is 9. The van der Waals surface area contributed by atoms with E-state index in [1.807, 2.05) is 50.1 Å². The van der Waals surface area contributed by atoms with Crippen molar-refractivity contribution in [1.82, 2.24) is 24.4 Å². The minimum atomic E-state index is 0.605. The van der Waals surface area contributed by atoms with Gasteiger partial charge in [0.2, 0.25) is 0 Å². The van der Waals surface area contributed by atoms with Crippen molar-refractivity contribution in [2.75, 3.05) is 25.5 Å². The average Bonchev–Trinajstić information content (AvgIpc) is 3.26. The van der Waals surface area contributed by atoms with Gasteiger partial charge < -0.3 is 9.47 Å². The second-order valence-corrected chi connectivity index (χ2v) is 7.75. The number of nitrogens with zero attached hydrogens (tertiary/aromatic N) is 6. The van der Waals surface area contributed by atoms with Gasteiger partial charge in [-0.15, -0.1) is 0 Å². The van der Waals surface area contributed by atoms with Crippen LogP contribution in [0.3, 0.4) is 0 Å². The number of halogens is 1. The van der Waals surface area contributed by atoms with E-state index in [9.17, 15) is 0 Å². The van der Waals surface area contributed by atoms with Gasteiger partial charge in [-0.2, -0.15) is 0 Å². The molecule has 3 aromatic heterocycles. The molecule has 3 rings (SSSR count). The van der Waals surface area contributed by atoms with Gasteiger partial charge >= 0.3 is 0 Å². The van der Waals surface area contributed by atoms with Crippen LogP contribution in [0, 0.1) is 0 Å². The van der Waals surface area contributed by atoms with Crippen molar-refractivity contribution in [3.63, 3.8) is 0 Å². The molecule has 6 nitrogen and oxygen atoms in total. The zero-order valence-electron chi connectivity index (χ0n) is 15.0. The van der Waals surface area contributed by atoms with Gasteiger partial charge in [0.05, 0.1) is 11.2 Å². The molecule has 0 fully saturated rings. The number of aromatic nitrogens is 4. The van der Waals surface area contributed by atoms with Crippen LogP contribution in [-0.2, 0) is 19.6 Å². The summed E-state index contributed by atoms with van der Waals surface area (Å²) in [4.78, 5) is 18.2. The van der Waals surface area contributed by atoms with Gasteiger partial charge in [-0.1, -0.05) is 22.9 Å². The lowest BCUT2D eigenvalue weighted by Gasteiger charge is -2.22. The molecule has 0 saturated heterocycles. The number of thiazole rings is 1. The SMILES string of the molecule is CN(C)c1nc(Cl)c(CN(CCCn2ccnc2)Cc2ccncc2)s1. The standard InChI is InChI=1S/C18H23ClN6S/c1-23(2)18-22-17(19)16(26-18)13-25(12-15-4-6-20-7-5-15)10-3-9-24-11-8-21-14-24/h4-8,11,14H,3,9-10,12-13H2,1-2H3.